The fourth-order valence-electron chi connectivity index (χ4n) is 2.81. The second kappa shape index (κ2) is 7.54. The van der Waals surface area contributed by atoms with Crippen LogP contribution in [-0.4, -0.2) is 24.4 Å². The molecule has 3 nitrogen and oxygen atoms in total. The van der Waals surface area contributed by atoms with Gasteiger partial charge >= 0.3 is 0 Å². The van der Waals surface area contributed by atoms with Gasteiger partial charge in [-0.05, 0) is 35.9 Å². The van der Waals surface area contributed by atoms with Gasteiger partial charge in [0.25, 0.3) is 0 Å². The molecule has 2 unspecified atom stereocenters. The first-order valence-corrected chi connectivity index (χ1v) is 8.34. The topological polar surface area (TPSA) is 35.5 Å². The molecular formula is C20H19ClO3. The first-order valence-electron chi connectivity index (χ1n) is 7.90. The van der Waals surface area contributed by atoms with Crippen LogP contribution in [0.15, 0.2) is 60.2 Å². The Morgan fingerprint density at radius 1 is 1.08 bits per heavy atom. The summed E-state index contributed by atoms with van der Waals surface area (Å²) in [7, 11) is 1.62. The molecule has 124 valence electrons. The molecule has 1 aliphatic carbocycles. The Hall–Kier alpha value is -2.26. The van der Waals surface area contributed by atoms with E-state index < -0.39 is 5.38 Å². The van der Waals surface area contributed by atoms with Gasteiger partial charge in [0.2, 0.25) is 0 Å². The fourth-order valence-corrected chi connectivity index (χ4v) is 3.15. The van der Waals surface area contributed by atoms with Gasteiger partial charge < -0.3 is 9.47 Å². The van der Waals surface area contributed by atoms with Crippen LogP contribution in [0.5, 0.6) is 11.5 Å². The zero-order valence-electron chi connectivity index (χ0n) is 13.4. The van der Waals surface area contributed by atoms with Gasteiger partial charge in [-0.15, -0.1) is 11.6 Å². The summed E-state index contributed by atoms with van der Waals surface area (Å²) in [5.41, 5.74) is 1.61. The van der Waals surface area contributed by atoms with Crippen molar-refractivity contribution in [3.05, 3.63) is 65.7 Å². The molecule has 2 aromatic rings. The molecule has 0 N–H and O–H groups in total. The van der Waals surface area contributed by atoms with E-state index in [1.807, 2.05) is 60.7 Å². The third-order valence-corrected chi connectivity index (χ3v) is 4.38. The molecule has 0 aliphatic heterocycles. The third-order valence-electron chi connectivity index (χ3n) is 4.00. The Bertz CT molecular complexity index is 740. The van der Waals surface area contributed by atoms with E-state index in [1.54, 1.807) is 7.11 Å². The lowest BCUT2D eigenvalue weighted by Gasteiger charge is -2.27. The Labute approximate surface area is 146 Å². The molecule has 1 aliphatic rings. The zero-order valence-corrected chi connectivity index (χ0v) is 14.2. The van der Waals surface area contributed by atoms with E-state index in [-0.39, 0.29) is 11.9 Å². The monoisotopic (exact) mass is 342 g/mol. The largest absolute Gasteiger partial charge is 0.497 e. The Morgan fingerprint density at radius 2 is 1.83 bits per heavy atom. The molecule has 1 saturated carbocycles. The van der Waals surface area contributed by atoms with Gasteiger partial charge in [0, 0.05) is 18.4 Å². The first-order chi connectivity index (χ1) is 11.7. The number of ketones is 1. The number of methoxy groups -OCH3 is 1. The van der Waals surface area contributed by atoms with E-state index in [2.05, 4.69) is 0 Å². The molecule has 0 heterocycles. The van der Waals surface area contributed by atoms with Crippen LogP contribution in [0.2, 0.25) is 0 Å². The number of halogens is 1. The fraction of sp³-hybridized carbons (Fsp3) is 0.250. The molecule has 0 saturated heterocycles. The van der Waals surface area contributed by atoms with Gasteiger partial charge in [-0.25, -0.2) is 0 Å². The number of Topliss-reactive ketones (excluding diaryl/α,β-unsaturated/α-hetero) is 1. The number of carbonyl (C=O) groups excluding carboxylic acids is 1. The van der Waals surface area contributed by atoms with Crippen LogP contribution in [-0.2, 0) is 4.79 Å². The molecular weight excluding hydrogens is 324 g/mol. The van der Waals surface area contributed by atoms with Gasteiger partial charge in [0.15, 0.2) is 5.78 Å². The predicted octanol–water partition coefficient (Wildman–Crippen LogP) is 4.50. The summed E-state index contributed by atoms with van der Waals surface area (Å²) in [6, 6.07) is 17.2. The third kappa shape index (κ3) is 3.98. The number of carbonyl (C=O) groups is 1. The van der Waals surface area contributed by atoms with E-state index in [4.69, 9.17) is 21.1 Å². The summed E-state index contributed by atoms with van der Waals surface area (Å²) in [4.78, 5) is 12.4. The summed E-state index contributed by atoms with van der Waals surface area (Å²) in [5, 5.41) is -0.552. The van der Waals surface area contributed by atoms with Crippen molar-refractivity contribution >= 4 is 23.5 Å². The van der Waals surface area contributed by atoms with Crippen molar-refractivity contribution < 1.29 is 14.3 Å². The lowest BCUT2D eigenvalue weighted by molar-refractivity contribution is -0.117. The molecule has 0 amide bonds. The summed E-state index contributed by atoms with van der Waals surface area (Å²) in [6.07, 6.45) is 2.84. The maximum Gasteiger partial charge on any atom is 0.176 e. The number of hydrogen-bond acceptors (Lipinski definition) is 3. The summed E-state index contributed by atoms with van der Waals surface area (Å²) >= 11 is 6.25. The quantitative estimate of drug-likeness (QED) is 0.606. The molecule has 24 heavy (non-hydrogen) atoms. The molecule has 1 fully saturated rings. The maximum absolute atomic E-state index is 12.4. The van der Waals surface area contributed by atoms with Crippen LogP contribution in [0.4, 0.5) is 0 Å². The molecule has 4 heteroatoms. The minimum atomic E-state index is -0.552. The number of benzene rings is 2. The molecule has 0 aromatic heterocycles. The second-order valence-electron chi connectivity index (χ2n) is 5.77. The molecule has 2 aromatic carbocycles. The Balaban J connectivity index is 1.80. The SMILES string of the molecule is COc1cccc(C=C2CC(Oc3ccccc3)CC(Cl)C2=O)c1. The van der Waals surface area contributed by atoms with Crippen molar-refractivity contribution in [2.45, 2.75) is 24.3 Å². The van der Waals surface area contributed by atoms with Gasteiger partial charge in [-0.1, -0.05) is 30.3 Å². The van der Waals surface area contributed by atoms with Crippen molar-refractivity contribution in [2.75, 3.05) is 7.11 Å². The van der Waals surface area contributed by atoms with E-state index in [0.29, 0.717) is 18.4 Å². The molecule has 3 rings (SSSR count). The van der Waals surface area contributed by atoms with E-state index in [0.717, 1.165) is 17.1 Å². The van der Waals surface area contributed by atoms with Crippen LogP contribution >= 0.6 is 11.6 Å². The number of alkyl halides is 1. The van der Waals surface area contributed by atoms with Crippen LogP contribution in [0.1, 0.15) is 18.4 Å². The van der Waals surface area contributed by atoms with E-state index in [1.165, 1.54) is 0 Å². The Morgan fingerprint density at radius 3 is 2.58 bits per heavy atom. The average Bonchev–Trinajstić information content (AvgIpc) is 2.60. The molecule has 0 spiro atoms. The van der Waals surface area contributed by atoms with Crippen LogP contribution in [0.3, 0.4) is 0 Å². The highest BCUT2D eigenvalue weighted by atomic mass is 35.5. The Kier molecular flexibility index (Phi) is 5.21. The van der Waals surface area contributed by atoms with Gasteiger partial charge in [-0.2, -0.15) is 0 Å². The number of para-hydroxylation sites is 1. The van der Waals surface area contributed by atoms with Gasteiger partial charge in [0.05, 0.1) is 12.5 Å². The van der Waals surface area contributed by atoms with E-state index >= 15 is 0 Å². The van der Waals surface area contributed by atoms with Crippen molar-refractivity contribution in [1.29, 1.82) is 0 Å². The average molecular weight is 343 g/mol. The molecule has 0 bridgehead atoms. The number of rotatable bonds is 4. The lowest BCUT2D eigenvalue weighted by atomic mass is 9.89. The predicted molar refractivity (Wildman–Crippen MR) is 95.7 cm³/mol. The minimum absolute atomic E-state index is 0.0209. The normalized spacial score (nSPS) is 22.4. The lowest BCUT2D eigenvalue weighted by Crippen LogP contribution is -2.34. The van der Waals surface area contributed by atoms with Crippen molar-refractivity contribution in [1.82, 2.24) is 0 Å². The number of ether oxygens (including phenoxy) is 2. The van der Waals surface area contributed by atoms with Gasteiger partial charge in [-0.3, -0.25) is 4.79 Å². The minimum Gasteiger partial charge on any atom is -0.497 e. The van der Waals surface area contributed by atoms with Crippen molar-refractivity contribution in [3.8, 4) is 11.5 Å². The smallest absolute Gasteiger partial charge is 0.176 e. The standard InChI is InChI=1S/C20H19ClO3/c1-23-17-9-5-6-14(11-17)10-15-12-18(13-19(21)20(15)22)24-16-7-3-2-4-8-16/h2-11,18-19H,12-13H2,1H3. The van der Waals surface area contributed by atoms with Crippen LogP contribution in [0, 0.1) is 0 Å². The number of hydrogen-bond donors (Lipinski definition) is 0. The summed E-state index contributed by atoms with van der Waals surface area (Å²) in [5.74, 6) is 1.53. The highest BCUT2D eigenvalue weighted by Crippen LogP contribution is 2.30. The first kappa shape index (κ1) is 16.6. The summed E-state index contributed by atoms with van der Waals surface area (Å²) < 4.78 is 11.2. The van der Waals surface area contributed by atoms with Crippen molar-refractivity contribution in [2.24, 2.45) is 0 Å². The highest BCUT2D eigenvalue weighted by molar-refractivity contribution is 6.34. The second-order valence-corrected chi connectivity index (χ2v) is 6.30. The van der Waals surface area contributed by atoms with Crippen molar-refractivity contribution in [3.63, 3.8) is 0 Å². The molecule has 0 radical (unpaired) electrons. The summed E-state index contributed by atoms with van der Waals surface area (Å²) in [6.45, 7) is 0. The highest BCUT2D eigenvalue weighted by Gasteiger charge is 2.32. The maximum atomic E-state index is 12.4. The van der Waals surface area contributed by atoms with Crippen LogP contribution in [0.25, 0.3) is 6.08 Å². The van der Waals surface area contributed by atoms with Gasteiger partial charge in [0.1, 0.15) is 17.6 Å². The van der Waals surface area contributed by atoms with E-state index in [9.17, 15) is 4.79 Å². The zero-order chi connectivity index (χ0) is 16.9. The van der Waals surface area contributed by atoms with Crippen LogP contribution < -0.4 is 9.47 Å². The molecule has 2 atom stereocenters.